The van der Waals surface area contributed by atoms with E-state index in [4.69, 9.17) is 20.3 Å². The Hall–Kier alpha value is -1.15. The van der Waals surface area contributed by atoms with Gasteiger partial charge < -0.3 is 25.4 Å². The Labute approximate surface area is 91.8 Å². The molecule has 1 unspecified atom stereocenters. The molecule has 0 aromatic heterocycles. The zero-order valence-corrected chi connectivity index (χ0v) is 8.43. The summed E-state index contributed by atoms with van der Waals surface area (Å²) in [5.41, 5.74) is 5.60. The molecular formula is C9H13N3O4. The van der Waals surface area contributed by atoms with Crippen molar-refractivity contribution in [3.05, 3.63) is 12.3 Å². The van der Waals surface area contributed by atoms with E-state index in [2.05, 4.69) is 4.99 Å². The number of hydrogen-bond donors (Lipinski definition) is 3. The molecule has 16 heavy (non-hydrogen) atoms. The van der Waals surface area contributed by atoms with Gasteiger partial charge in [-0.05, 0) is 6.08 Å². The molecule has 7 heteroatoms. The summed E-state index contributed by atoms with van der Waals surface area (Å²) in [6.45, 7) is -0.235. The Balaban J connectivity index is 1.85. The van der Waals surface area contributed by atoms with Crippen molar-refractivity contribution in [2.75, 3.05) is 6.61 Å². The average molecular weight is 227 g/mol. The highest BCUT2D eigenvalue weighted by molar-refractivity contribution is 5.78. The van der Waals surface area contributed by atoms with E-state index in [0.29, 0.717) is 6.02 Å². The number of nitrogens with zero attached hydrogens (tertiary/aromatic N) is 2. The maximum atomic E-state index is 9.83. The molecule has 5 atom stereocenters. The highest BCUT2D eigenvalue weighted by atomic mass is 16.6. The number of aliphatic imine (C=N–C) groups is 1. The molecule has 2 saturated heterocycles. The van der Waals surface area contributed by atoms with Crippen LogP contribution in [-0.4, -0.2) is 58.4 Å². The second-order valence-corrected chi connectivity index (χ2v) is 3.97. The predicted molar refractivity (Wildman–Crippen MR) is 53.0 cm³/mol. The number of hydrogen-bond acceptors (Lipinski definition) is 7. The van der Waals surface area contributed by atoms with Gasteiger partial charge in [-0.2, -0.15) is 0 Å². The molecule has 88 valence electrons. The van der Waals surface area contributed by atoms with E-state index in [1.807, 2.05) is 0 Å². The molecule has 0 spiro atoms. The van der Waals surface area contributed by atoms with Crippen LogP contribution in [0.5, 0.6) is 0 Å². The van der Waals surface area contributed by atoms with Crippen molar-refractivity contribution in [3.63, 3.8) is 0 Å². The Morgan fingerprint density at radius 3 is 3.12 bits per heavy atom. The highest BCUT2D eigenvalue weighted by Gasteiger charge is 2.54. The van der Waals surface area contributed by atoms with E-state index in [1.165, 1.54) is 0 Å². The number of aliphatic hydroxyl groups is 2. The van der Waals surface area contributed by atoms with Gasteiger partial charge in [0.05, 0.1) is 6.61 Å². The molecule has 3 rings (SSSR count). The third-order valence-electron chi connectivity index (χ3n) is 2.93. The highest BCUT2D eigenvalue weighted by Crippen LogP contribution is 2.33. The molecule has 4 N–H and O–H groups in total. The standard InChI is InChI=1S/C9H13N3O4/c10-5-1-2-12-8-7(16-9(12)11-5)6(14)4(3-13)15-8/h1-2,4-8,13-14H,3,10H2/t4-,5?,6-,7+,8-/m1/s1. The first kappa shape index (κ1) is 10.0. The maximum absolute atomic E-state index is 9.83. The molecule has 0 aromatic rings. The van der Waals surface area contributed by atoms with Gasteiger partial charge in [-0.15, -0.1) is 0 Å². The van der Waals surface area contributed by atoms with Crippen LogP contribution in [0.2, 0.25) is 0 Å². The van der Waals surface area contributed by atoms with Crippen LogP contribution >= 0.6 is 0 Å². The fourth-order valence-corrected chi connectivity index (χ4v) is 2.11. The maximum Gasteiger partial charge on any atom is 0.296 e. The summed E-state index contributed by atoms with van der Waals surface area (Å²) >= 11 is 0. The Morgan fingerprint density at radius 1 is 1.56 bits per heavy atom. The van der Waals surface area contributed by atoms with E-state index in [9.17, 15) is 5.11 Å². The van der Waals surface area contributed by atoms with Gasteiger partial charge in [0.2, 0.25) is 0 Å². The zero-order valence-electron chi connectivity index (χ0n) is 8.43. The van der Waals surface area contributed by atoms with Gasteiger partial charge in [0.15, 0.2) is 12.3 Å². The van der Waals surface area contributed by atoms with E-state index in [1.54, 1.807) is 17.2 Å². The molecule has 0 saturated carbocycles. The van der Waals surface area contributed by atoms with Crippen molar-refractivity contribution >= 4 is 6.02 Å². The van der Waals surface area contributed by atoms with Crippen molar-refractivity contribution in [1.29, 1.82) is 0 Å². The summed E-state index contributed by atoms with van der Waals surface area (Å²) in [5, 5.41) is 18.8. The normalized spacial score (nSPS) is 45.1. The van der Waals surface area contributed by atoms with Crippen LogP contribution in [0.15, 0.2) is 17.3 Å². The van der Waals surface area contributed by atoms with Gasteiger partial charge in [-0.25, -0.2) is 4.99 Å². The molecule has 0 bridgehead atoms. The first-order valence-electron chi connectivity index (χ1n) is 5.12. The van der Waals surface area contributed by atoms with Gasteiger partial charge in [0, 0.05) is 6.20 Å². The molecule has 0 aliphatic carbocycles. The van der Waals surface area contributed by atoms with Crippen LogP contribution in [0, 0.1) is 0 Å². The summed E-state index contributed by atoms with van der Waals surface area (Å²) in [6.07, 6.45) is 0.589. The average Bonchev–Trinajstić information content (AvgIpc) is 2.75. The summed E-state index contributed by atoms with van der Waals surface area (Å²) in [7, 11) is 0. The van der Waals surface area contributed by atoms with Crippen molar-refractivity contribution in [2.45, 2.75) is 30.7 Å². The van der Waals surface area contributed by atoms with E-state index >= 15 is 0 Å². The summed E-state index contributed by atoms with van der Waals surface area (Å²) < 4.78 is 10.9. The second-order valence-electron chi connectivity index (χ2n) is 3.97. The molecule has 0 amide bonds. The Morgan fingerprint density at radius 2 is 2.38 bits per heavy atom. The van der Waals surface area contributed by atoms with E-state index in [-0.39, 0.29) is 6.61 Å². The molecule has 0 radical (unpaired) electrons. The number of rotatable bonds is 1. The minimum Gasteiger partial charge on any atom is -0.454 e. The van der Waals surface area contributed by atoms with Crippen molar-refractivity contribution in [1.82, 2.24) is 4.90 Å². The first-order valence-corrected chi connectivity index (χ1v) is 5.12. The molecule has 2 fully saturated rings. The monoisotopic (exact) mass is 227 g/mol. The number of aliphatic hydroxyl groups excluding tert-OH is 2. The fraction of sp³-hybridized carbons (Fsp3) is 0.667. The van der Waals surface area contributed by atoms with Crippen molar-refractivity contribution < 1.29 is 19.7 Å². The van der Waals surface area contributed by atoms with E-state index in [0.717, 1.165) is 0 Å². The number of amidine groups is 1. The molecule has 3 aliphatic heterocycles. The topological polar surface area (TPSA) is 101 Å². The van der Waals surface area contributed by atoms with Gasteiger partial charge in [0.1, 0.15) is 18.4 Å². The molecule has 7 nitrogen and oxygen atoms in total. The lowest BCUT2D eigenvalue weighted by atomic mass is 10.1. The van der Waals surface area contributed by atoms with Gasteiger partial charge >= 0.3 is 0 Å². The minimum absolute atomic E-state index is 0.235. The lowest BCUT2D eigenvalue weighted by Crippen LogP contribution is -2.36. The smallest absolute Gasteiger partial charge is 0.296 e. The molecule has 0 aromatic carbocycles. The molecule has 3 aliphatic rings. The lowest BCUT2D eigenvalue weighted by Gasteiger charge is -2.22. The molecular weight excluding hydrogens is 214 g/mol. The minimum atomic E-state index is -0.854. The van der Waals surface area contributed by atoms with Crippen molar-refractivity contribution in [3.8, 4) is 0 Å². The quantitative estimate of drug-likeness (QED) is 0.476. The van der Waals surface area contributed by atoms with Crippen molar-refractivity contribution in [2.24, 2.45) is 10.7 Å². The first-order chi connectivity index (χ1) is 7.70. The molecule has 3 heterocycles. The summed E-state index contributed by atoms with van der Waals surface area (Å²) in [5.74, 6) is 0. The van der Waals surface area contributed by atoms with Crippen LogP contribution in [0.4, 0.5) is 0 Å². The van der Waals surface area contributed by atoms with Gasteiger partial charge in [-0.1, -0.05) is 0 Å². The lowest BCUT2D eigenvalue weighted by molar-refractivity contribution is -0.0476. The van der Waals surface area contributed by atoms with Gasteiger partial charge in [-0.3, -0.25) is 4.90 Å². The summed E-state index contributed by atoms with van der Waals surface area (Å²) in [4.78, 5) is 5.74. The third-order valence-corrected chi connectivity index (χ3v) is 2.93. The predicted octanol–water partition coefficient (Wildman–Crippen LogP) is -2.07. The number of ether oxygens (including phenoxy) is 2. The SMILES string of the molecule is NC1C=CN2C(=N1)O[C@H]1[C@H](O)[C@@H](CO)O[C@H]12. The van der Waals surface area contributed by atoms with E-state index < -0.39 is 30.7 Å². The number of fused-ring (bicyclic) bond motifs is 3. The Bertz CT molecular complexity index is 359. The fourth-order valence-electron chi connectivity index (χ4n) is 2.11. The van der Waals surface area contributed by atoms with Crippen LogP contribution in [0.3, 0.4) is 0 Å². The number of nitrogens with two attached hydrogens (primary N) is 1. The van der Waals surface area contributed by atoms with Crippen LogP contribution in [0.25, 0.3) is 0 Å². The third kappa shape index (κ3) is 1.26. The Kier molecular flexibility index (Phi) is 2.15. The largest absolute Gasteiger partial charge is 0.454 e. The van der Waals surface area contributed by atoms with Crippen LogP contribution in [-0.2, 0) is 9.47 Å². The summed E-state index contributed by atoms with van der Waals surface area (Å²) in [6, 6.07) is 0.362. The second kappa shape index (κ2) is 3.42. The van der Waals surface area contributed by atoms with Crippen LogP contribution in [0.1, 0.15) is 0 Å². The van der Waals surface area contributed by atoms with Crippen LogP contribution < -0.4 is 5.73 Å². The van der Waals surface area contributed by atoms with Gasteiger partial charge in [0.25, 0.3) is 6.02 Å². The zero-order chi connectivity index (χ0) is 11.3.